The Morgan fingerprint density at radius 3 is 2.56 bits per heavy atom. The summed E-state index contributed by atoms with van der Waals surface area (Å²) in [4.78, 5) is 0. The highest BCUT2D eigenvalue weighted by molar-refractivity contribution is 6.30. The van der Waals surface area contributed by atoms with Crippen molar-refractivity contribution in [2.45, 2.75) is 18.3 Å². The molecule has 18 heavy (non-hydrogen) atoms. The maximum atomic E-state index is 13.3. The van der Waals surface area contributed by atoms with Gasteiger partial charge in [0.25, 0.3) is 0 Å². The van der Waals surface area contributed by atoms with Crippen LogP contribution in [0.25, 0.3) is 0 Å². The maximum Gasteiger partial charge on any atom is 0.141 e. The lowest BCUT2D eigenvalue weighted by Gasteiger charge is -2.49. The number of piperidine rings is 1. The number of hydrogen-bond donors (Lipinski definition) is 1. The van der Waals surface area contributed by atoms with E-state index in [1.54, 1.807) is 6.07 Å². The lowest BCUT2D eigenvalue weighted by Crippen LogP contribution is -2.54. The van der Waals surface area contributed by atoms with E-state index in [-0.39, 0.29) is 16.3 Å². The van der Waals surface area contributed by atoms with Gasteiger partial charge in [-0.15, -0.1) is 0 Å². The highest BCUT2D eigenvalue weighted by Crippen LogP contribution is 2.44. The molecule has 0 amide bonds. The average Bonchev–Trinajstić information content (AvgIpc) is 2.34. The topological polar surface area (TPSA) is 21.3 Å². The zero-order chi connectivity index (χ0) is 12.6. The molecule has 2 heterocycles. The van der Waals surface area contributed by atoms with Crippen molar-refractivity contribution in [3.63, 3.8) is 0 Å². The van der Waals surface area contributed by atoms with Crippen LogP contribution < -0.4 is 5.32 Å². The minimum Gasteiger partial charge on any atom is -0.379 e. The summed E-state index contributed by atoms with van der Waals surface area (Å²) in [7, 11) is 0. The van der Waals surface area contributed by atoms with Crippen molar-refractivity contribution >= 4 is 11.6 Å². The van der Waals surface area contributed by atoms with Crippen LogP contribution >= 0.6 is 11.6 Å². The summed E-state index contributed by atoms with van der Waals surface area (Å²) in [5.41, 5.74) is 1.19. The summed E-state index contributed by atoms with van der Waals surface area (Å²) in [5, 5.41) is 3.60. The van der Waals surface area contributed by atoms with Crippen LogP contribution in [0.2, 0.25) is 5.02 Å². The molecule has 0 atom stereocenters. The van der Waals surface area contributed by atoms with Gasteiger partial charge in [0.15, 0.2) is 0 Å². The molecule has 4 heteroatoms. The summed E-state index contributed by atoms with van der Waals surface area (Å²) in [6.07, 6.45) is 2.30. The van der Waals surface area contributed by atoms with Crippen LogP contribution in [-0.2, 0) is 10.2 Å². The Balaban J connectivity index is 1.92. The van der Waals surface area contributed by atoms with Crippen LogP contribution in [0, 0.1) is 11.7 Å². The van der Waals surface area contributed by atoms with E-state index in [1.165, 1.54) is 6.07 Å². The Labute approximate surface area is 111 Å². The van der Waals surface area contributed by atoms with E-state index in [4.69, 9.17) is 16.3 Å². The molecule has 2 saturated heterocycles. The van der Waals surface area contributed by atoms with E-state index < -0.39 is 0 Å². The first kappa shape index (κ1) is 12.4. The molecule has 0 saturated carbocycles. The average molecular weight is 270 g/mol. The van der Waals surface area contributed by atoms with Crippen molar-refractivity contribution in [3.8, 4) is 0 Å². The van der Waals surface area contributed by atoms with Gasteiger partial charge in [-0.2, -0.15) is 0 Å². The van der Waals surface area contributed by atoms with Crippen molar-refractivity contribution < 1.29 is 9.13 Å². The molecule has 0 bridgehead atoms. The van der Waals surface area contributed by atoms with Crippen molar-refractivity contribution in [2.75, 3.05) is 26.3 Å². The Morgan fingerprint density at radius 1 is 1.28 bits per heavy atom. The molecule has 2 nitrogen and oxygen atoms in total. The van der Waals surface area contributed by atoms with Crippen LogP contribution in [-0.4, -0.2) is 26.3 Å². The third-order valence-electron chi connectivity index (χ3n) is 4.33. The van der Waals surface area contributed by atoms with Gasteiger partial charge in [-0.1, -0.05) is 17.7 Å². The van der Waals surface area contributed by atoms with E-state index in [1.807, 2.05) is 6.07 Å². The molecule has 0 spiro atoms. The second-order valence-electron chi connectivity index (χ2n) is 5.30. The molecule has 2 aliphatic rings. The Morgan fingerprint density at radius 2 is 2.00 bits per heavy atom. The fraction of sp³-hybridized carbons (Fsp3) is 0.571. The van der Waals surface area contributed by atoms with E-state index >= 15 is 0 Å². The fourth-order valence-electron chi connectivity index (χ4n) is 3.14. The summed E-state index contributed by atoms with van der Waals surface area (Å²) < 4.78 is 18.7. The minimum atomic E-state index is -0.346. The zero-order valence-corrected chi connectivity index (χ0v) is 11.0. The molecular formula is C14H17ClFNO. The van der Waals surface area contributed by atoms with E-state index in [2.05, 4.69) is 5.32 Å². The van der Waals surface area contributed by atoms with Crippen LogP contribution in [0.4, 0.5) is 4.39 Å². The van der Waals surface area contributed by atoms with Crippen LogP contribution in [0.15, 0.2) is 18.2 Å². The molecular weight excluding hydrogens is 253 g/mol. The number of hydrogen-bond acceptors (Lipinski definition) is 2. The van der Waals surface area contributed by atoms with E-state index in [0.29, 0.717) is 5.92 Å². The molecule has 3 rings (SSSR count). The second kappa shape index (κ2) is 4.80. The van der Waals surface area contributed by atoms with Gasteiger partial charge in [0, 0.05) is 5.41 Å². The number of ether oxygens (including phenoxy) is 1. The van der Waals surface area contributed by atoms with Gasteiger partial charge in [0.2, 0.25) is 0 Å². The molecule has 2 fully saturated rings. The smallest absolute Gasteiger partial charge is 0.141 e. The van der Waals surface area contributed by atoms with Crippen molar-refractivity contribution in [1.82, 2.24) is 5.32 Å². The van der Waals surface area contributed by atoms with Gasteiger partial charge in [-0.25, -0.2) is 4.39 Å². The minimum absolute atomic E-state index is 0.0550. The maximum absolute atomic E-state index is 13.3. The monoisotopic (exact) mass is 269 g/mol. The lowest BCUT2D eigenvalue weighted by atomic mass is 9.65. The normalized spacial score (nSPS) is 23.7. The first-order valence-electron chi connectivity index (χ1n) is 6.46. The number of halogens is 2. The quantitative estimate of drug-likeness (QED) is 0.891. The predicted molar refractivity (Wildman–Crippen MR) is 69.5 cm³/mol. The van der Waals surface area contributed by atoms with Gasteiger partial charge >= 0.3 is 0 Å². The molecule has 0 radical (unpaired) electrons. The molecule has 1 aromatic rings. The van der Waals surface area contributed by atoms with Gasteiger partial charge in [-0.05, 0) is 49.5 Å². The second-order valence-corrected chi connectivity index (χ2v) is 5.71. The zero-order valence-electron chi connectivity index (χ0n) is 10.2. The van der Waals surface area contributed by atoms with Crippen molar-refractivity contribution in [3.05, 3.63) is 34.6 Å². The third-order valence-corrected chi connectivity index (χ3v) is 4.62. The van der Waals surface area contributed by atoms with Crippen molar-refractivity contribution in [2.24, 2.45) is 5.92 Å². The van der Waals surface area contributed by atoms with Gasteiger partial charge < -0.3 is 10.1 Å². The van der Waals surface area contributed by atoms with Crippen LogP contribution in [0.3, 0.4) is 0 Å². The standard InChI is InChI=1S/C14H17ClFNO/c15-12-7-11(1-2-13(12)16)14(8-18-9-14)10-3-5-17-6-4-10/h1-2,7,10,17H,3-6,8-9H2. The fourth-order valence-corrected chi connectivity index (χ4v) is 3.32. The molecule has 0 aromatic heterocycles. The number of benzene rings is 1. The highest BCUT2D eigenvalue weighted by atomic mass is 35.5. The number of rotatable bonds is 2. The summed E-state index contributed by atoms with van der Waals surface area (Å²) in [6, 6.07) is 5.12. The van der Waals surface area contributed by atoms with E-state index in [9.17, 15) is 4.39 Å². The first-order valence-corrected chi connectivity index (χ1v) is 6.84. The third kappa shape index (κ3) is 1.94. The molecule has 1 N–H and O–H groups in total. The van der Waals surface area contributed by atoms with Crippen LogP contribution in [0.1, 0.15) is 18.4 Å². The molecule has 1 aromatic carbocycles. The molecule has 2 aliphatic heterocycles. The highest BCUT2D eigenvalue weighted by Gasteiger charge is 2.47. The Hall–Kier alpha value is -0.640. The lowest BCUT2D eigenvalue weighted by molar-refractivity contribution is -0.0964. The van der Waals surface area contributed by atoms with E-state index in [0.717, 1.165) is 44.7 Å². The first-order chi connectivity index (χ1) is 8.72. The summed E-state index contributed by atoms with van der Waals surface area (Å²) in [5.74, 6) is 0.259. The molecule has 0 aliphatic carbocycles. The Bertz CT molecular complexity index is 441. The van der Waals surface area contributed by atoms with Crippen LogP contribution in [0.5, 0.6) is 0 Å². The molecule has 98 valence electrons. The predicted octanol–water partition coefficient (Wildman–Crippen LogP) is 2.75. The van der Waals surface area contributed by atoms with Gasteiger partial charge in [0.1, 0.15) is 5.82 Å². The number of nitrogens with one attached hydrogen (secondary N) is 1. The van der Waals surface area contributed by atoms with Gasteiger partial charge in [-0.3, -0.25) is 0 Å². The van der Waals surface area contributed by atoms with Gasteiger partial charge in [0.05, 0.1) is 18.2 Å². The summed E-state index contributed by atoms with van der Waals surface area (Å²) >= 11 is 5.91. The molecule has 0 unspecified atom stereocenters. The SMILES string of the molecule is Fc1ccc(C2(C3CCNCC3)COC2)cc1Cl. The van der Waals surface area contributed by atoms with Crippen molar-refractivity contribution in [1.29, 1.82) is 0 Å². The summed E-state index contributed by atoms with van der Waals surface area (Å²) in [6.45, 7) is 3.59. The largest absolute Gasteiger partial charge is 0.379 e. The Kier molecular flexibility index (Phi) is 3.31.